The molecule has 0 spiro atoms. The van der Waals surface area contributed by atoms with Crippen molar-refractivity contribution in [3.63, 3.8) is 0 Å². The number of amides is 2. The molecule has 1 aliphatic rings. The zero-order valence-electron chi connectivity index (χ0n) is 29.1. The van der Waals surface area contributed by atoms with E-state index in [0.717, 1.165) is 32.1 Å². The Bertz CT molecular complexity index is 1390. The lowest BCUT2D eigenvalue weighted by molar-refractivity contribution is -0.396. The van der Waals surface area contributed by atoms with E-state index in [0.29, 0.717) is 56.8 Å². The van der Waals surface area contributed by atoms with Gasteiger partial charge in [0, 0.05) is 26.3 Å². The van der Waals surface area contributed by atoms with Gasteiger partial charge >= 0.3 is 24.1 Å². The van der Waals surface area contributed by atoms with Crippen LogP contribution in [0.4, 0.5) is 21.5 Å². The first-order chi connectivity index (χ1) is 24.5. The molecule has 1 aliphatic heterocycles. The summed E-state index contributed by atoms with van der Waals surface area (Å²) < 4.78 is 23.2. The molecule has 20 heteroatoms. The van der Waals surface area contributed by atoms with E-state index in [-0.39, 0.29) is 44.6 Å². The maximum atomic E-state index is 12.5. The molecule has 2 aromatic heterocycles. The maximum absolute atomic E-state index is 12.5. The monoisotopic (exact) mass is 724 g/mol. The van der Waals surface area contributed by atoms with Crippen LogP contribution in [0.25, 0.3) is 0 Å². The second-order valence-corrected chi connectivity index (χ2v) is 10.7. The summed E-state index contributed by atoms with van der Waals surface area (Å²) in [7, 11) is 2.99. The molecule has 0 saturated carbocycles. The van der Waals surface area contributed by atoms with Gasteiger partial charge in [-0.25, -0.2) is 18.7 Å². The largest absolute Gasteiger partial charge is 0.441 e. The molecule has 1 saturated heterocycles. The normalized spacial score (nSPS) is 13.6. The van der Waals surface area contributed by atoms with Crippen LogP contribution in [0, 0.1) is 20.2 Å². The summed E-state index contributed by atoms with van der Waals surface area (Å²) in [4.78, 5) is 62.3. The number of allylic oxidation sites excluding steroid dienone is 1. The van der Waals surface area contributed by atoms with Crippen molar-refractivity contribution in [1.29, 1.82) is 0 Å². The summed E-state index contributed by atoms with van der Waals surface area (Å²) in [5.41, 5.74) is 0.885. The van der Waals surface area contributed by atoms with Gasteiger partial charge in [0.1, 0.15) is 31.5 Å². The molecule has 3 heterocycles. The third kappa shape index (κ3) is 16.8. The van der Waals surface area contributed by atoms with Gasteiger partial charge in [0.05, 0.1) is 20.7 Å². The van der Waals surface area contributed by atoms with E-state index in [2.05, 4.69) is 33.2 Å². The number of imidazole rings is 2. The van der Waals surface area contributed by atoms with Crippen molar-refractivity contribution in [2.24, 2.45) is 14.1 Å². The number of rotatable bonds is 18. The fourth-order valence-corrected chi connectivity index (χ4v) is 4.23. The van der Waals surface area contributed by atoms with Crippen LogP contribution in [-0.4, -0.2) is 103 Å². The molecule has 2 aromatic rings. The summed E-state index contributed by atoms with van der Waals surface area (Å²) in [6.45, 7) is 9.23. The molecule has 0 aromatic carbocycles. The number of aldehydes is 1. The number of nitrogens with zero attached hydrogens (tertiary/aromatic N) is 7. The quantitative estimate of drug-likeness (QED) is 0.0735. The van der Waals surface area contributed by atoms with E-state index in [4.69, 9.17) is 19.3 Å². The topological polar surface area (TPSA) is 246 Å². The van der Waals surface area contributed by atoms with Gasteiger partial charge in [0.2, 0.25) is 0 Å². The number of hydrogen-bond donors (Lipinski definition) is 2. The van der Waals surface area contributed by atoms with E-state index in [1.807, 2.05) is 6.08 Å². The fourth-order valence-electron chi connectivity index (χ4n) is 4.23. The number of aliphatic hydroxyl groups excluding tert-OH is 1. The third-order valence-electron chi connectivity index (χ3n) is 6.96. The van der Waals surface area contributed by atoms with Crippen molar-refractivity contribution in [3.8, 4) is 0 Å². The van der Waals surface area contributed by atoms with Crippen molar-refractivity contribution in [2.75, 3.05) is 39.5 Å². The van der Waals surface area contributed by atoms with Crippen LogP contribution in [-0.2, 0) is 51.1 Å². The Morgan fingerprint density at radius 1 is 1.00 bits per heavy atom. The zero-order valence-corrected chi connectivity index (χ0v) is 29.1. The van der Waals surface area contributed by atoms with Crippen LogP contribution in [0.5, 0.6) is 0 Å². The molecule has 2 N–H and O–H groups in total. The molecule has 1 fully saturated rings. The van der Waals surface area contributed by atoms with Gasteiger partial charge in [-0.15, -0.1) is 13.2 Å². The molecule has 1 unspecified atom stereocenters. The van der Waals surface area contributed by atoms with Gasteiger partial charge in [0.25, 0.3) is 0 Å². The molecule has 3 rings (SSSR count). The number of nitrogens with one attached hydrogen (secondary N) is 1. The molecule has 0 bridgehead atoms. The molecular weight excluding hydrogens is 676 g/mol. The Hall–Kier alpha value is -5.21. The van der Waals surface area contributed by atoms with E-state index in [1.54, 1.807) is 11.0 Å². The van der Waals surface area contributed by atoms with Gasteiger partial charge in [0.15, 0.2) is 24.6 Å². The zero-order chi connectivity index (χ0) is 38.0. The molecule has 0 radical (unpaired) electrons. The van der Waals surface area contributed by atoms with E-state index in [9.17, 15) is 34.6 Å². The lowest BCUT2D eigenvalue weighted by Gasteiger charge is -2.28. The highest BCUT2D eigenvalue weighted by atomic mass is 16.6. The molecule has 1 atom stereocenters. The summed E-state index contributed by atoms with van der Waals surface area (Å²) in [6.07, 6.45) is 10.9. The number of ether oxygens (including phenoxy) is 4. The number of carbonyl (C=O) groups is 3. The average molecular weight is 725 g/mol. The number of aliphatic hydroxyl groups is 1. The highest BCUT2D eigenvalue weighted by Crippen LogP contribution is 2.19. The maximum Gasteiger partial charge on any atom is 0.434 e. The molecular formula is C31H48N8O12. The number of unbranched alkanes of at least 4 members (excludes halogenated alkanes) is 2. The molecule has 51 heavy (non-hydrogen) atoms. The highest BCUT2D eigenvalue weighted by molar-refractivity contribution is 5.68. The Balaban J connectivity index is 0.000000441. The number of carbonyl (C=O) groups excluding carboxylic acids is 3. The minimum absolute atomic E-state index is 0.0773. The first-order valence-corrected chi connectivity index (χ1v) is 16.1. The smallest absolute Gasteiger partial charge is 0.434 e. The lowest BCUT2D eigenvalue weighted by Crippen LogP contribution is -2.41. The molecule has 20 nitrogen and oxygen atoms in total. The minimum atomic E-state index is -0.613. The molecule has 284 valence electrons. The van der Waals surface area contributed by atoms with Gasteiger partial charge in [-0.05, 0) is 54.8 Å². The second kappa shape index (κ2) is 25.7. The van der Waals surface area contributed by atoms with E-state index < -0.39 is 22.0 Å². The van der Waals surface area contributed by atoms with Crippen molar-refractivity contribution in [3.05, 3.63) is 69.3 Å². The third-order valence-corrected chi connectivity index (χ3v) is 6.96. The predicted octanol–water partition coefficient (Wildman–Crippen LogP) is 3.47. The number of hydrogen-bond acceptors (Lipinski definition) is 14. The van der Waals surface area contributed by atoms with Gasteiger partial charge in [-0.2, -0.15) is 0 Å². The van der Waals surface area contributed by atoms with Crippen LogP contribution in [0.2, 0.25) is 0 Å². The van der Waals surface area contributed by atoms with Crippen molar-refractivity contribution < 1.29 is 48.3 Å². The van der Waals surface area contributed by atoms with Crippen molar-refractivity contribution >= 4 is 30.4 Å². The number of aromatic nitrogens is 4. The Morgan fingerprint density at radius 2 is 1.63 bits per heavy atom. The lowest BCUT2D eigenvalue weighted by atomic mass is 10.2. The summed E-state index contributed by atoms with van der Waals surface area (Å²) in [5.74, 6) is -0.589. The van der Waals surface area contributed by atoms with Crippen LogP contribution in [0.15, 0.2) is 37.7 Å². The SMILES string of the molecule is C=CCCCC1OCCCCN1C(=O)OCc1cnc([N+](=O)[O-])n1C.C=CCOCC=O.Cn1c(COC(=O)NCCCCO)cnc1[N+](=O)[O-]. The van der Waals surface area contributed by atoms with E-state index >= 15 is 0 Å². The van der Waals surface area contributed by atoms with Crippen LogP contribution < -0.4 is 5.32 Å². The standard InChI is InChI=1S/C16H24N4O5.C10H16N4O5.C5H8O2/c1-3-4-5-8-14-19(9-6-7-10-24-14)16(21)25-12-13-11-17-15(18(13)2)20(22)23;1-13-8(6-12-9(13)14(17)18)7-19-10(16)11-4-2-3-5-15;1-2-4-7-5-3-6/h3,11,14H,1,4-10,12H2,2H3;6,15H,2-5,7H2,1H3,(H,11,16);2-3H,1,4-5H2. The first kappa shape index (κ1) is 43.8. The average Bonchev–Trinajstić information content (AvgIpc) is 3.58. The van der Waals surface area contributed by atoms with Crippen LogP contribution in [0.1, 0.15) is 56.3 Å². The number of nitro groups is 2. The highest BCUT2D eigenvalue weighted by Gasteiger charge is 2.28. The van der Waals surface area contributed by atoms with Crippen LogP contribution in [0.3, 0.4) is 0 Å². The predicted molar refractivity (Wildman–Crippen MR) is 181 cm³/mol. The van der Waals surface area contributed by atoms with Crippen molar-refractivity contribution in [1.82, 2.24) is 29.3 Å². The molecule has 0 aliphatic carbocycles. The van der Waals surface area contributed by atoms with Gasteiger partial charge in [-0.3, -0.25) is 4.90 Å². The van der Waals surface area contributed by atoms with E-state index in [1.165, 1.54) is 35.6 Å². The Morgan fingerprint density at radius 3 is 2.16 bits per heavy atom. The minimum Gasteiger partial charge on any atom is -0.441 e. The Kier molecular flexibility index (Phi) is 22.1. The van der Waals surface area contributed by atoms with Crippen molar-refractivity contribution in [2.45, 2.75) is 64.4 Å². The summed E-state index contributed by atoms with van der Waals surface area (Å²) in [6, 6.07) is 0. The molecule has 2 amide bonds. The van der Waals surface area contributed by atoms with Gasteiger partial charge in [-0.1, -0.05) is 22.1 Å². The Labute approximate surface area is 295 Å². The van der Waals surface area contributed by atoms with Crippen LogP contribution >= 0.6 is 0 Å². The summed E-state index contributed by atoms with van der Waals surface area (Å²) in [5, 5.41) is 32.4. The second-order valence-electron chi connectivity index (χ2n) is 10.7. The number of alkyl carbamates (subject to hydrolysis) is 1. The fraction of sp³-hybridized carbons (Fsp3) is 0.581. The first-order valence-electron chi connectivity index (χ1n) is 16.1. The summed E-state index contributed by atoms with van der Waals surface area (Å²) >= 11 is 0. The van der Waals surface area contributed by atoms with Gasteiger partial charge < -0.3 is 54.4 Å².